The zero-order valence-corrected chi connectivity index (χ0v) is 20.0. The first kappa shape index (κ1) is 23.4. The Morgan fingerprint density at radius 2 is 1.53 bits per heavy atom. The lowest BCUT2D eigenvalue weighted by Gasteiger charge is -2.44. The van der Waals surface area contributed by atoms with Gasteiger partial charge in [0, 0.05) is 51.4 Å². The maximum absolute atomic E-state index is 9.17. The van der Waals surface area contributed by atoms with Crippen molar-refractivity contribution in [3.05, 3.63) is 59.7 Å². The lowest BCUT2D eigenvalue weighted by Crippen LogP contribution is -2.53. The maximum Gasteiger partial charge on any atom is 0.0721 e. The number of hydrogen-bond donors (Lipinski definition) is 1. The summed E-state index contributed by atoms with van der Waals surface area (Å²) in [6.45, 7) is 12.7. The molecule has 0 aromatic heterocycles. The molecule has 0 unspecified atom stereocenters. The van der Waals surface area contributed by atoms with Crippen molar-refractivity contribution in [2.75, 3.05) is 59.5 Å². The van der Waals surface area contributed by atoms with E-state index in [9.17, 15) is 5.11 Å². The summed E-state index contributed by atoms with van der Waals surface area (Å²) in [4.78, 5) is 7.24. The van der Waals surface area contributed by atoms with Crippen molar-refractivity contribution in [3.63, 3.8) is 0 Å². The number of likely N-dealkylation sites (N-methyl/N-ethyl adjacent to an activating group) is 1. The second kappa shape index (κ2) is 10.4. The van der Waals surface area contributed by atoms with Crippen LogP contribution in [0.15, 0.2) is 48.5 Å². The first-order valence-electron chi connectivity index (χ1n) is 12.0. The predicted molar refractivity (Wildman–Crippen MR) is 131 cm³/mol. The average molecular weight is 438 g/mol. The Bertz CT molecular complexity index is 842. The van der Waals surface area contributed by atoms with Crippen molar-refractivity contribution in [1.29, 1.82) is 0 Å². The van der Waals surface area contributed by atoms with Crippen molar-refractivity contribution < 1.29 is 9.84 Å². The Labute approximate surface area is 193 Å². The third-order valence-electron chi connectivity index (χ3n) is 7.29. The number of benzene rings is 2. The molecule has 5 nitrogen and oxygen atoms in total. The number of rotatable bonds is 8. The summed E-state index contributed by atoms with van der Waals surface area (Å²) in [6.07, 6.45) is 1.50. The number of likely N-dealkylation sites (tertiary alicyclic amines) is 1. The molecule has 32 heavy (non-hydrogen) atoms. The van der Waals surface area contributed by atoms with E-state index < -0.39 is 0 Å². The lowest BCUT2D eigenvalue weighted by atomic mass is 9.90. The first-order chi connectivity index (χ1) is 15.5. The van der Waals surface area contributed by atoms with Crippen molar-refractivity contribution in [3.8, 4) is 11.1 Å². The normalized spacial score (nSPS) is 21.3. The van der Waals surface area contributed by atoms with Crippen molar-refractivity contribution in [1.82, 2.24) is 14.7 Å². The molecular weight excluding hydrogens is 398 g/mol. The smallest absolute Gasteiger partial charge is 0.0721 e. The number of piperazine rings is 1. The van der Waals surface area contributed by atoms with Crippen LogP contribution in [0.4, 0.5) is 0 Å². The highest BCUT2D eigenvalue weighted by Crippen LogP contribution is 2.31. The summed E-state index contributed by atoms with van der Waals surface area (Å²) in [7, 11) is 2.16. The van der Waals surface area contributed by atoms with Crippen LogP contribution >= 0.6 is 0 Å². The third-order valence-corrected chi connectivity index (χ3v) is 7.29. The van der Waals surface area contributed by atoms with E-state index in [1.165, 1.54) is 22.3 Å². The fraction of sp³-hybridized carbons (Fsp3) is 0.556. The molecule has 1 N–H and O–H groups in total. The highest BCUT2D eigenvalue weighted by Gasteiger charge is 2.31. The summed E-state index contributed by atoms with van der Waals surface area (Å²) in [5.41, 5.74) is 5.09. The summed E-state index contributed by atoms with van der Waals surface area (Å²) < 4.78 is 6.07. The van der Waals surface area contributed by atoms with Gasteiger partial charge in [-0.15, -0.1) is 0 Å². The second-order valence-electron chi connectivity index (χ2n) is 9.87. The van der Waals surface area contributed by atoms with E-state index in [0.717, 1.165) is 52.2 Å². The van der Waals surface area contributed by atoms with E-state index in [1.54, 1.807) is 0 Å². The first-order valence-corrected chi connectivity index (χ1v) is 12.0. The fourth-order valence-electron chi connectivity index (χ4n) is 4.96. The molecule has 0 aliphatic carbocycles. The topological polar surface area (TPSA) is 39.2 Å². The number of β-amino-alcohol motifs (C(OH)–C–C–N with tert-alkyl or cyclic N) is 1. The standard InChI is InChI=1S/C27H39N3O2/c1-27(2,30-16-14-29(15-17-30)18-19-31)25-10-8-24(9-11-25)23-6-4-22(5-7-23)21-32-26-12-13-28(3)20-26/h4-11,26,31H,12-21H2,1-3H3/t26-/m1/s1. The number of aliphatic hydroxyl groups is 1. The number of nitrogens with zero attached hydrogens (tertiary/aromatic N) is 3. The van der Waals surface area contributed by atoms with Crippen LogP contribution in [0, 0.1) is 0 Å². The molecule has 2 saturated heterocycles. The van der Waals surface area contributed by atoms with Gasteiger partial charge < -0.3 is 14.7 Å². The molecule has 4 rings (SSSR count). The molecule has 2 aromatic rings. The van der Waals surface area contributed by atoms with Gasteiger partial charge in [0.2, 0.25) is 0 Å². The highest BCUT2D eigenvalue weighted by molar-refractivity contribution is 5.64. The van der Waals surface area contributed by atoms with Gasteiger partial charge in [0.15, 0.2) is 0 Å². The number of hydrogen-bond acceptors (Lipinski definition) is 5. The van der Waals surface area contributed by atoms with Gasteiger partial charge in [-0.1, -0.05) is 48.5 Å². The van der Waals surface area contributed by atoms with Crippen LogP contribution in [0.25, 0.3) is 11.1 Å². The monoisotopic (exact) mass is 437 g/mol. The zero-order valence-electron chi connectivity index (χ0n) is 20.0. The van der Waals surface area contributed by atoms with Gasteiger partial charge in [0.1, 0.15) is 0 Å². The van der Waals surface area contributed by atoms with Crippen molar-refractivity contribution >= 4 is 0 Å². The van der Waals surface area contributed by atoms with Crippen LogP contribution in [0.2, 0.25) is 0 Å². The van der Waals surface area contributed by atoms with E-state index in [2.05, 4.69) is 84.1 Å². The fourth-order valence-corrected chi connectivity index (χ4v) is 4.96. The Hall–Kier alpha value is -1.76. The van der Waals surface area contributed by atoms with E-state index in [1.807, 2.05) is 0 Å². The van der Waals surface area contributed by atoms with Gasteiger partial charge in [0.25, 0.3) is 0 Å². The summed E-state index contributed by atoms with van der Waals surface area (Å²) in [5, 5.41) is 9.17. The molecule has 5 heteroatoms. The minimum atomic E-state index is -0.000656. The molecular formula is C27H39N3O2. The number of aliphatic hydroxyl groups excluding tert-OH is 1. The van der Waals surface area contributed by atoms with Gasteiger partial charge in [-0.05, 0) is 49.6 Å². The molecule has 0 bridgehead atoms. The third kappa shape index (κ3) is 5.59. The predicted octanol–water partition coefficient (Wildman–Crippen LogP) is 3.42. The van der Waals surface area contributed by atoms with Gasteiger partial charge >= 0.3 is 0 Å². The second-order valence-corrected chi connectivity index (χ2v) is 9.87. The van der Waals surface area contributed by atoms with Crippen LogP contribution in [-0.2, 0) is 16.9 Å². The summed E-state index contributed by atoms with van der Waals surface area (Å²) in [5.74, 6) is 0. The van der Waals surface area contributed by atoms with Crippen LogP contribution < -0.4 is 0 Å². The molecule has 0 spiro atoms. The van der Waals surface area contributed by atoms with Gasteiger partial charge in [-0.25, -0.2) is 0 Å². The molecule has 174 valence electrons. The van der Waals surface area contributed by atoms with E-state index in [0.29, 0.717) is 12.7 Å². The molecule has 0 saturated carbocycles. The molecule has 0 radical (unpaired) electrons. The van der Waals surface area contributed by atoms with Gasteiger partial charge in [0.05, 0.1) is 19.3 Å². The number of ether oxygens (including phenoxy) is 1. The van der Waals surface area contributed by atoms with Crippen molar-refractivity contribution in [2.24, 2.45) is 0 Å². The Morgan fingerprint density at radius 1 is 0.906 bits per heavy atom. The maximum atomic E-state index is 9.17. The molecule has 1 atom stereocenters. The van der Waals surface area contributed by atoms with Gasteiger partial charge in [-0.3, -0.25) is 9.80 Å². The van der Waals surface area contributed by atoms with Gasteiger partial charge in [-0.2, -0.15) is 0 Å². The van der Waals surface area contributed by atoms with Crippen LogP contribution in [-0.4, -0.2) is 85.4 Å². The molecule has 2 aromatic carbocycles. The SMILES string of the molecule is CN1CC[C@@H](OCc2ccc(-c3ccc(C(C)(C)N4CCN(CCO)CC4)cc3)cc2)C1. The van der Waals surface area contributed by atoms with E-state index in [-0.39, 0.29) is 12.1 Å². The minimum Gasteiger partial charge on any atom is -0.395 e. The van der Waals surface area contributed by atoms with Crippen LogP contribution in [0.5, 0.6) is 0 Å². The molecule has 2 fully saturated rings. The quantitative estimate of drug-likeness (QED) is 0.685. The molecule has 2 aliphatic rings. The highest BCUT2D eigenvalue weighted by atomic mass is 16.5. The molecule has 0 amide bonds. The van der Waals surface area contributed by atoms with E-state index in [4.69, 9.17) is 4.74 Å². The molecule has 2 heterocycles. The van der Waals surface area contributed by atoms with E-state index >= 15 is 0 Å². The summed E-state index contributed by atoms with van der Waals surface area (Å²) in [6, 6.07) is 17.9. The average Bonchev–Trinajstić information content (AvgIpc) is 3.24. The summed E-state index contributed by atoms with van der Waals surface area (Å²) >= 11 is 0. The van der Waals surface area contributed by atoms with Crippen LogP contribution in [0.1, 0.15) is 31.4 Å². The largest absolute Gasteiger partial charge is 0.395 e. The Kier molecular flexibility index (Phi) is 7.64. The molecule has 2 aliphatic heterocycles. The minimum absolute atomic E-state index is 0.000656. The Balaban J connectivity index is 1.34. The zero-order chi connectivity index (χ0) is 22.6. The Morgan fingerprint density at radius 3 is 2.09 bits per heavy atom. The lowest BCUT2D eigenvalue weighted by molar-refractivity contribution is 0.0440. The van der Waals surface area contributed by atoms with Crippen LogP contribution in [0.3, 0.4) is 0 Å². The van der Waals surface area contributed by atoms with Crippen molar-refractivity contribution in [2.45, 2.75) is 38.5 Å².